The van der Waals surface area contributed by atoms with Crippen LogP contribution < -0.4 is 11.1 Å². The van der Waals surface area contributed by atoms with Crippen LogP contribution in [0.2, 0.25) is 0 Å². The lowest BCUT2D eigenvalue weighted by atomic mass is 10.1. The number of nitrogens with two attached hydrogens (primary N) is 1. The molecule has 0 aliphatic rings. The molecule has 0 aliphatic heterocycles. The van der Waals surface area contributed by atoms with Crippen LogP contribution in [0.5, 0.6) is 0 Å². The molecule has 7 heteroatoms. The van der Waals surface area contributed by atoms with E-state index in [2.05, 4.69) is 10.5 Å². The summed E-state index contributed by atoms with van der Waals surface area (Å²) in [6.07, 6.45) is 0.802. The van der Waals surface area contributed by atoms with Crippen LogP contribution in [-0.4, -0.2) is 40.8 Å². The zero-order chi connectivity index (χ0) is 14.8. The fourth-order valence-electron chi connectivity index (χ4n) is 1.63. The molecule has 0 radical (unpaired) electrons. The Morgan fingerprint density at radius 3 is 2.90 bits per heavy atom. The van der Waals surface area contributed by atoms with Crippen molar-refractivity contribution in [2.24, 2.45) is 10.9 Å². The molecule has 5 nitrogen and oxygen atoms in total. The van der Waals surface area contributed by atoms with Gasteiger partial charge in [-0.15, -0.1) is 0 Å². The second-order valence-corrected chi connectivity index (χ2v) is 5.38. The monoisotopic (exact) mass is 301 g/mol. The Hall–Kier alpha value is -1.31. The van der Waals surface area contributed by atoms with Gasteiger partial charge in [0, 0.05) is 31.0 Å². The maximum atomic E-state index is 13.2. The van der Waals surface area contributed by atoms with Crippen LogP contribution in [0.4, 0.5) is 4.39 Å². The first-order valence-corrected chi connectivity index (χ1v) is 7.50. The predicted molar refractivity (Wildman–Crippen MR) is 79.6 cm³/mol. The molecule has 1 rings (SSSR count). The number of oxime groups is 1. The number of hydrogen-bond acceptors (Lipinski definition) is 5. The van der Waals surface area contributed by atoms with Gasteiger partial charge in [-0.1, -0.05) is 11.2 Å². The Kier molecular flexibility index (Phi) is 8.01. The molecule has 112 valence electrons. The number of nitrogens with zero attached hydrogens (tertiary/aromatic N) is 1. The van der Waals surface area contributed by atoms with Gasteiger partial charge in [0.15, 0.2) is 5.84 Å². The molecule has 0 aliphatic carbocycles. The highest BCUT2D eigenvalue weighted by molar-refractivity contribution is 7.99. The van der Waals surface area contributed by atoms with E-state index in [-0.39, 0.29) is 12.4 Å². The summed E-state index contributed by atoms with van der Waals surface area (Å²) < 4.78 is 13.2. The molecule has 0 saturated heterocycles. The molecule has 0 bridgehead atoms. The quantitative estimate of drug-likeness (QED) is 0.180. The van der Waals surface area contributed by atoms with Crippen LogP contribution in [-0.2, 0) is 6.54 Å². The van der Waals surface area contributed by atoms with Gasteiger partial charge in [0.05, 0.1) is 0 Å². The summed E-state index contributed by atoms with van der Waals surface area (Å²) in [5.74, 6) is 1.35. The largest absolute Gasteiger partial charge is 0.409 e. The lowest BCUT2D eigenvalue weighted by molar-refractivity contribution is 0.296. The van der Waals surface area contributed by atoms with Crippen molar-refractivity contribution in [3.05, 3.63) is 35.1 Å². The molecular weight excluding hydrogens is 281 g/mol. The van der Waals surface area contributed by atoms with Crippen molar-refractivity contribution in [1.82, 2.24) is 5.32 Å². The molecule has 0 amide bonds. The first kappa shape index (κ1) is 16.7. The molecule has 5 N–H and O–H groups in total. The van der Waals surface area contributed by atoms with Crippen LogP contribution >= 0.6 is 11.8 Å². The van der Waals surface area contributed by atoms with E-state index in [0.717, 1.165) is 30.0 Å². The van der Waals surface area contributed by atoms with Gasteiger partial charge in [-0.25, -0.2) is 4.39 Å². The van der Waals surface area contributed by atoms with E-state index in [1.807, 2.05) is 0 Å². The molecule has 0 unspecified atom stereocenters. The number of aliphatic hydroxyl groups is 1. The van der Waals surface area contributed by atoms with E-state index in [4.69, 9.17) is 16.0 Å². The van der Waals surface area contributed by atoms with Crippen molar-refractivity contribution in [3.63, 3.8) is 0 Å². The second kappa shape index (κ2) is 9.57. The van der Waals surface area contributed by atoms with Gasteiger partial charge in [0.1, 0.15) is 5.82 Å². The summed E-state index contributed by atoms with van der Waals surface area (Å²) in [5, 5.41) is 23.5. The molecule has 0 fully saturated rings. The maximum Gasteiger partial charge on any atom is 0.170 e. The van der Waals surface area contributed by atoms with Crippen molar-refractivity contribution < 1.29 is 14.7 Å². The summed E-state index contributed by atoms with van der Waals surface area (Å²) in [4.78, 5) is 0. The molecule has 0 atom stereocenters. The molecular formula is C13H20FN3O2S. The number of aliphatic hydroxyl groups excluding tert-OH is 1. The number of thioether (sulfide) groups is 1. The van der Waals surface area contributed by atoms with E-state index in [1.54, 1.807) is 17.8 Å². The third-order valence-electron chi connectivity index (χ3n) is 2.64. The minimum absolute atomic E-state index is 0.0985. The van der Waals surface area contributed by atoms with Crippen molar-refractivity contribution in [3.8, 4) is 0 Å². The van der Waals surface area contributed by atoms with Gasteiger partial charge in [-0.05, 0) is 29.9 Å². The predicted octanol–water partition coefficient (Wildman–Crippen LogP) is 1.13. The summed E-state index contributed by atoms with van der Waals surface area (Å²) in [6.45, 7) is 1.54. The Labute approximate surface area is 122 Å². The highest BCUT2D eigenvalue weighted by Crippen LogP contribution is 2.11. The minimum atomic E-state index is -0.421. The number of rotatable bonds is 9. The Balaban J connectivity index is 2.43. The highest BCUT2D eigenvalue weighted by atomic mass is 32.2. The van der Waals surface area contributed by atoms with Crippen LogP contribution in [0, 0.1) is 5.82 Å². The van der Waals surface area contributed by atoms with Crippen molar-refractivity contribution in [2.75, 3.05) is 24.7 Å². The van der Waals surface area contributed by atoms with Crippen molar-refractivity contribution in [2.45, 2.75) is 13.0 Å². The fourth-order valence-corrected chi connectivity index (χ4v) is 2.46. The topological polar surface area (TPSA) is 90.9 Å². The summed E-state index contributed by atoms with van der Waals surface area (Å²) >= 11 is 1.76. The molecule has 0 saturated carbocycles. The summed E-state index contributed by atoms with van der Waals surface area (Å²) in [5.41, 5.74) is 6.70. The zero-order valence-electron chi connectivity index (χ0n) is 11.2. The van der Waals surface area contributed by atoms with E-state index in [0.29, 0.717) is 12.1 Å². The third-order valence-corrected chi connectivity index (χ3v) is 3.71. The first-order valence-electron chi connectivity index (χ1n) is 6.34. The molecule has 1 aromatic carbocycles. The van der Waals surface area contributed by atoms with Crippen LogP contribution in [0.15, 0.2) is 23.4 Å². The maximum absolute atomic E-state index is 13.2. The number of nitrogens with one attached hydrogen (secondary N) is 1. The Bertz CT molecular complexity index is 444. The third kappa shape index (κ3) is 5.77. The summed E-state index contributed by atoms with van der Waals surface area (Å²) in [6, 6.07) is 4.22. The number of halogens is 1. The normalized spacial score (nSPS) is 11.8. The molecule has 0 spiro atoms. The van der Waals surface area contributed by atoms with Gasteiger partial charge in [0.25, 0.3) is 0 Å². The zero-order valence-corrected chi connectivity index (χ0v) is 12.0. The summed E-state index contributed by atoms with van der Waals surface area (Å²) in [7, 11) is 0. The smallest absolute Gasteiger partial charge is 0.170 e. The van der Waals surface area contributed by atoms with Gasteiger partial charge in [0.2, 0.25) is 0 Å². The van der Waals surface area contributed by atoms with E-state index in [9.17, 15) is 4.39 Å². The van der Waals surface area contributed by atoms with Crippen molar-refractivity contribution >= 4 is 17.6 Å². The second-order valence-electron chi connectivity index (χ2n) is 4.15. The molecule has 0 heterocycles. The lowest BCUT2D eigenvalue weighted by Crippen LogP contribution is -2.21. The average molecular weight is 301 g/mol. The van der Waals surface area contributed by atoms with Crippen molar-refractivity contribution in [1.29, 1.82) is 0 Å². The molecule has 0 aromatic heterocycles. The SMILES string of the molecule is N/C(=N/O)c1cc(F)ccc1CNCCSCCCO. The number of hydrogen-bond donors (Lipinski definition) is 4. The molecule has 20 heavy (non-hydrogen) atoms. The highest BCUT2D eigenvalue weighted by Gasteiger charge is 2.08. The van der Waals surface area contributed by atoms with Gasteiger partial charge < -0.3 is 21.4 Å². The van der Waals surface area contributed by atoms with Crippen LogP contribution in [0.1, 0.15) is 17.5 Å². The Morgan fingerprint density at radius 2 is 2.20 bits per heavy atom. The molecule has 1 aromatic rings. The lowest BCUT2D eigenvalue weighted by Gasteiger charge is -2.10. The van der Waals surface area contributed by atoms with Crippen LogP contribution in [0.25, 0.3) is 0 Å². The standard InChI is InChI=1S/C13H20FN3O2S/c14-11-3-2-10(12(8-11)13(15)17-19)9-16-4-7-20-6-1-5-18/h2-3,8,16,18-19H,1,4-7,9H2,(H2,15,17). The number of amidine groups is 1. The van der Waals surface area contributed by atoms with Gasteiger partial charge >= 0.3 is 0 Å². The van der Waals surface area contributed by atoms with E-state index >= 15 is 0 Å². The van der Waals surface area contributed by atoms with E-state index in [1.165, 1.54) is 12.1 Å². The van der Waals surface area contributed by atoms with Crippen LogP contribution in [0.3, 0.4) is 0 Å². The average Bonchev–Trinajstić information content (AvgIpc) is 2.46. The van der Waals surface area contributed by atoms with E-state index < -0.39 is 5.82 Å². The van der Waals surface area contributed by atoms with Gasteiger partial charge in [-0.3, -0.25) is 0 Å². The minimum Gasteiger partial charge on any atom is -0.409 e. The van der Waals surface area contributed by atoms with Gasteiger partial charge in [-0.2, -0.15) is 11.8 Å². The first-order chi connectivity index (χ1) is 9.69. The Morgan fingerprint density at radius 1 is 1.40 bits per heavy atom. The fraction of sp³-hybridized carbons (Fsp3) is 0.462. The number of benzene rings is 1.